The molecule has 0 unspecified atom stereocenters. The molecule has 0 aromatic heterocycles. The molecular formula is C18H20N2O3S. The van der Waals surface area contributed by atoms with Gasteiger partial charge in [-0.1, -0.05) is 35.9 Å². The Hall–Kier alpha value is -2.44. The van der Waals surface area contributed by atoms with Crippen LogP contribution in [0.5, 0.6) is 0 Å². The van der Waals surface area contributed by atoms with Gasteiger partial charge in [0.1, 0.15) is 0 Å². The third-order valence-electron chi connectivity index (χ3n) is 3.38. The Kier molecular flexibility index (Phi) is 5.89. The number of rotatable bonds is 7. The maximum Gasteiger partial charge on any atom is 0.251 e. The maximum absolute atomic E-state index is 12.3. The lowest BCUT2D eigenvalue weighted by Crippen LogP contribution is -2.24. The Morgan fingerprint density at radius 3 is 2.50 bits per heavy atom. The number of benzene rings is 2. The Morgan fingerprint density at radius 2 is 1.88 bits per heavy atom. The van der Waals surface area contributed by atoms with Gasteiger partial charge >= 0.3 is 0 Å². The van der Waals surface area contributed by atoms with Crippen LogP contribution in [-0.2, 0) is 16.6 Å². The van der Waals surface area contributed by atoms with E-state index in [4.69, 9.17) is 0 Å². The Balaban J connectivity index is 2.06. The second-order valence-corrected chi connectivity index (χ2v) is 7.10. The van der Waals surface area contributed by atoms with Crippen LogP contribution in [0.3, 0.4) is 0 Å². The first-order valence-corrected chi connectivity index (χ1v) is 8.95. The number of hydrogen-bond donors (Lipinski definition) is 2. The van der Waals surface area contributed by atoms with E-state index in [1.165, 1.54) is 24.3 Å². The Bertz CT molecular complexity index is 828. The number of amides is 1. The van der Waals surface area contributed by atoms with E-state index in [0.29, 0.717) is 12.1 Å². The van der Waals surface area contributed by atoms with E-state index in [2.05, 4.69) is 16.6 Å². The molecule has 126 valence electrons. The van der Waals surface area contributed by atoms with Gasteiger partial charge in [0.15, 0.2) is 0 Å². The summed E-state index contributed by atoms with van der Waals surface area (Å²) in [7, 11) is -3.63. The lowest BCUT2D eigenvalue weighted by Gasteiger charge is -2.08. The van der Waals surface area contributed by atoms with Crippen LogP contribution < -0.4 is 10.0 Å². The van der Waals surface area contributed by atoms with Gasteiger partial charge < -0.3 is 5.32 Å². The van der Waals surface area contributed by atoms with E-state index in [0.717, 1.165) is 11.1 Å². The van der Waals surface area contributed by atoms with E-state index >= 15 is 0 Å². The van der Waals surface area contributed by atoms with Crippen LogP contribution in [0.1, 0.15) is 21.5 Å². The average molecular weight is 344 g/mol. The van der Waals surface area contributed by atoms with Crippen LogP contribution in [0.15, 0.2) is 66.1 Å². The molecule has 2 aromatic carbocycles. The summed E-state index contributed by atoms with van der Waals surface area (Å²) < 4.78 is 27.2. The van der Waals surface area contributed by atoms with Crippen molar-refractivity contribution in [3.8, 4) is 0 Å². The van der Waals surface area contributed by atoms with Gasteiger partial charge in [0.05, 0.1) is 4.90 Å². The van der Waals surface area contributed by atoms with Gasteiger partial charge in [-0.25, -0.2) is 13.1 Å². The van der Waals surface area contributed by atoms with Crippen molar-refractivity contribution < 1.29 is 13.2 Å². The number of hydrogen-bond acceptors (Lipinski definition) is 3. The van der Waals surface area contributed by atoms with Gasteiger partial charge in [-0.05, 0) is 36.8 Å². The topological polar surface area (TPSA) is 75.3 Å². The summed E-state index contributed by atoms with van der Waals surface area (Å²) in [5, 5.41) is 2.64. The van der Waals surface area contributed by atoms with Crippen molar-refractivity contribution in [2.24, 2.45) is 0 Å². The first kappa shape index (κ1) is 17.9. The van der Waals surface area contributed by atoms with Crippen LogP contribution in [0.2, 0.25) is 0 Å². The highest BCUT2D eigenvalue weighted by molar-refractivity contribution is 7.89. The summed E-state index contributed by atoms with van der Waals surface area (Å²) >= 11 is 0. The van der Waals surface area contributed by atoms with Gasteiger partial charge in [-0.3, -0.25) is 4.79 Å². The van der Waals surface area contributed by atoms with Crippen LogP contribution in [-0.4, -0.2) is 20.9 Å². The molecule has 0 bridgehead atoms. The minimum absolute atomic E-state index is 0.121. The highest BCUT2D eigenvalue weighted by Crippen LogP contribution is 2.12. The van der Waals surface area contributed by atoms with E-state index in [1.807, 2.05) is 31.2 Å². The summed E-state index contributed by atoms with van der Waals surface area (Å²) in [6, 6.07) is 13.4. The van der Waals surface area contributed by atoms with Crippen molar-refractivity contribution >= 4 is 15.9 Å². The largest absolute Gasteiger partial charge is 0.349 e. The number of carbonyl (C=O) groups is 1. The summed E-state index contributed by atoms with van der Waals surface area (Å²) in [6.45, 7) is 6.05. The number of carbonyl (C=O) groups excluding carboxylic acids is 1. The van der Waals surface area contributed by atoms with Crippen molar-refractivity contribution in [3.05, 3.63) is 77.9 Å². The zero-order valence-corrected chi connectivity index (χ0v) is 14.3. The molecule has 6 heteroatoms. The fourth-order valence-electron chi connectivity index (χ4n) is 2.14. The lowest BCUT2D eigenvalue weighted by molar-refractivity contribution is 0.0958. The molecule has 2 N–H and O–H groups in total. The molecule has 2 rings (SSSR count). The number of sulfonamides is 1. The van der Waals surface area contributed by atoms with E-state index in [1.54, 1.807) is 6.08 Å². The molecule has 0 atom stereocenters. The lowest BCUT2D eigenvalue weighted by atomic mass is 10.1. The van der Waals surface area contributed by atoms with Gasteiger partial charge in [-0.2, -0.15) is 0 Å². The third-order valence-corrected chi connectivity index (χ3v) is 4.80. The smallest absolute Gasteiger partial charge is 0.251 e. The number of nitrogens with one attached hydrogen (secondary N) is 2. The first-order chi connectivity index (χ1) is 11.4. The quantitative estimate of drug-likeness (QED) is 0.757. The molecule has 0 aliphatic rings. The van der Waals surface area contributed by atoms with Crippen LogP contribution in [0.4, 0.5) is 0 Å². The third kappa shape index (κ3) is 4.78. The highest BCUT2D eigenvalue weighted by atomic mass is 32.2. The van der Waals surface area contributed by atoms with Gasteiger partial charge in [0.25, 0.3) is 5.91 Å². The van der Waals surface area contributed by atoms with Crippen molar-refractivity contribution in [2.45, 2.75) is 18.4 Å². The standard InChI is InChI=1S/C18H20N2O3S/c1-3-11-19-18(21)16-7-9-17(10-8-16)24(22,23)20-13-15-6-4-5-14(2)12-15/h3-10,12,20H,1,11,13H2,2H3,(H,19,21). The van der Waals surface area contributed by atoms with Crippen LogP contribution in [0.25, 0.3) is 0 Å². The Labute approximate surface area is 142 Å². The maximum atomic E-state index is 12.3. The molecule has 0 heterocycles. The molecule has 1 amide bonds. The molecule has 24 heavy (non-hydrogen) atoms. The normalized spacial score (nSPS) is 11.0. The first-order valence-electron chi connectivity index (χ1n) is 7.47. The van der Waals surface area contributed by atoms with Crippen molar-refractivity contribution in [2.75, 3.05) is 6.54 Å². The number of aryl methyl sites for hydroxylation is 1. The zero-order chi connectivity index (χ0) is 17.6. The van der Waals surface area contributed by atoms with Crippen LogP contribution >= 0.6 is 0 Å². The molecule has 2 aromatic rings. The molecule has 0 aliphatic heterocycles. The summed E-state index contributed by atoms with van der Waals surface area (Å²) in [6.07, 6.45) is 1.58. The van der Waals surface area contributed by atoms with E-state index < -0.39 is 10.0 Å². The molecule has 0 aliphatic carbocycles. The van der Waals surface area contributed by atoms with Crippen molar-refractivity contribution in [1.29, 1.82) is 0 Å². The Morgan fingerprint density at radius 1 is 1.17 bits per heavy atom. The summed E-state index contributed by atoms with van der Waals surface area (Å²) in [5.41, 5.74) is 2.36. The van der Waals surface area contributed by atoms with Gasteiger partial charge in [0, 0.05) is 18.7 Å². The fraction of sp³-hybridized carbons (Fsp3) is 0.167. The van der Waals surface area contributed by atoms with Gasteiger partial charge in [-0.15, -0.1) is 6.58 Å². The van der Waals surface area contributed by atoms with Crippen molar-refractivity contribution in [3.63, 3.8) is 0 Å². The molecule has 0 saturated carbocycles. The molecule has 0 radical (unpaired) electrons. The minimum atomic E-state index is -3.63. The predicted molar refractivity (Wildman–Crippen MR) is 94.2 cm³/mol. The van der Waals surface area contributed by atoms with Crippen LogP contribution in [0, 0.1) is 6.92 Å². The van der Waals surface area contributed by atoms with Crippen molar-refractivity contribution in [1.82, 2.24) is 10.0 Å². The molecule has 0 saturated heterocycles. The monoisotopic (exact) mass is 344 g/mol. The molecule has 5 nitrogen and oxygen atoms in total. The molecule has 0 fully saturated rings. The average Bonchev–Trinajstić information content (AvgIpc) is 2.58. The molecular weight excluding hydrogens is 324 g/mol. The predicted octanol–water partition coefficient (Wildman–Crippen LogP) is 2.39. The summed E-state index contributed by atoms with van der Waals surface area (Å²) in [5.74, 6) is -0.272. The van der Waals surface area contributed by atoms with Gasteiger partial charge in [0.2, 0.25) is 10.0 Å². The minimum Gasteiger partial charge on any atom is -0.349 e. The summed E-state index contributed by atoms with van der Waals surface area (Å²) in [4.78, 5) is 11.9. The van der Waals surface area contributed by atoms with E-state index in [9.17, 15) is 13.2 Å². The second kappa shape index (κ2) is 7.90. The zero-order valence-electron chi connectivity index (χ0n) is 13.5. The second-order valence-electron chi connectivity index (χ2n) is 5.34. The fourth-order valence-corrected chi connectivity index (χ4v) is 3.15. The highest BCUT2D eigenvalue weighted by Gasteiger charge is 2.14. The molecule has 0 spiro atoms. The van der Waals surface area contributed by atoms with E-state index in [-0.39, 0.29) is 17.3 Å². The SMILES string of the molecule is C=CCNC(=O)c1ccc(S(=O)(=O)NCc2cccc(C)c2)cc1.